The number of guanidine groups is 1. The summed E-state index contributed by atoms with van der Waals surface area (Å²) >= 11 is 1.77. The molecule has 5 nitrogen and oxygen atoms in total. The maximum Gasteiger partial charge on any atom is 0.191 e. The Morgan fingerprint density at radius 1 is 1.21 bits per heavy atom. The summed E-state index contributed by atoms with van der Waals surface area (Å²) in [6, 6.07) is 10.4. The molecule has 0 radical (unpaired) electrons. The number of aromatic nitrogens is 2. The number of nitrogens with zero attached hydrogens (tertiary/aromatic N) is 3. The third-order valence-electron chi connectivity index (χ3n) is 4.08. The average molecular weight is 341 g/mol. The minimum atomic E-state index is 0.796. The fourth-order valence-electron chi connectivity index (χ4n) is 2.73. The molecule has 3 rings (SSSR count). The molecule has 6 heteroatoms. The van der Waals surface area contributed by atoms with Crippen LogP contribution in [0.4, 0.5) is 0 Å². The van der Waals surface area contributed by atoms with Crippen LogP contribution in [0.5, 0.6) is 0 Å². The van der Waals surface area contributed by atoms with E-state index in [0.717, 1.165) is 36.9 Å². The van der Waals surface area contributed by atoms with E-state index in [1.54, 1.807) is 18.4 Å². The fourth-order valence-corrected chi connectivity index (χ4v) is 3.58. The van der Waals surface area contributed by atoms with Gasteiger partial charge in [0.15, 0.2) is 5.96 Å². The molecule has 0 fully saturated rings. The second-order valence-electron chi connectivity index (χ2n) is 5.68. The van der Waals surface area contributed by atoms with Gasteiger partial charge in [0.1, 0.15) is 5.82 Å². The first-order valence-corrected chi connectivity index (χ1v) is 8.96. The molecule has 0 saturated carbocycles. The third-order valence-corrected chi connectivity index (χ3v) is 5.10. The van der Waals surface area contributed by atoms with Crippen LogP contribution in [-0.4, -0.2) is 29.1 Å². The largest absolute Gasteiger partial charge is 0.355 e. The summed E-state index contributed by atoms with van der Waals surface area (Å²) in [7, 11) is 1.80. The van der Waals surface area contributed by atoms with Gasteiger partial charge in [-0.3, -0.25) is 4.99 Å². The van der Waals surface area contributed by atoms with Gasteiger partial charge in [-0.15, -0.1) is 11.3 Å². The third kappa shape index (κ3) is 3.59. The van der Waals surface area contributed by atoms with Crippen molar-refractivity contribution in [3.05, 3.63) is 52.0 Å². The SMILES string of the molecule is CN=C(NCCn1c(C)nc2ccccc21)NCc1sccc1C. The van der Waals surface area contributed by atoms with Crippen molar-refractivity contribution in [1.29, 1.82) is 0 Å². The molecule has 126 valence electrons. The molecular formula is C18H23N5S. The average Bonchev–Trinajstić information content (AvgIpc) is 3.13. The van der Waals surface area contributed by atoms with E-state index < -0.39 is 0 Å². The summed E-state index contributed by atoms with van der Waals surface area (Å²) in [5, 5.41) is 8.87. The van der Waals surface area contributed by atoms with Gasteiger partial charge in [-0.25, -0.2) is 4.98 Å². The molecule has 2 aromatic heterocycles. The Morgan fingerprint density at radius 3 is 2.79 bits per heavy atom. The van der Waals surface area contributed by atoms with E-state index in [4.69, 9.17) is 0 Å². The van der Waals surface area contributed by atoms with E-state index in [1.807, 2.05) is 13.0 Å². The van der Waals surface area contributed by atoms with Gasteiger partial charge in [-0.1, -0.05) is 12.1 Å². The summed E-state index contributed by atoms with van der Waals surface area (Å²) in [6.45, 7) is 6.63. The molecule has 2 heterocycles. The summed E-state index contributed by atoms with van der Waals surface area (Å²) in [4.78, 5) is 10.2. The lowest BCUT2D eigenvalue weighted by Crippen LogP contribution is -2.38. The quantitative estimate of drug-likeness (QED) is 0.554. The van der Waals surface area contributed by atoms with Crippen LogP contribution in [0.2, 0.25) is 0 Å². The number of nitrogens with one attached hydrogen (secondary N) is 2. The lowest BCUT2D eigenvalue weighted by atomic mass is 10.3. The number of benzene rings is 1. The molecule has 0 saturated heterocycles. The van der Waals surface area contributed by atoms with Crippen molar-refractivity contribution in [2.45, 2.75) is 26.9 Å². The van der Waals surface area contributed by atoms with Gasteiger partial charge in [-0.2, -0.15) is 0 Å². The Kier molecular flexibility index (Phi) is 5.15. The van der Waals surface area contributed by atoms with Crippen LogP contribution in [0, 0.1) is 13.8 Å². The highest BCUT2D eigenvalue weighted by Gasteiger charge is 2.07. The normalized spacial score (nSPS) is 11.9. The van der Waals surface area contributed by atoms with Gasteiger partial charge >= 0.3 is 0 Å². The smallest absolute Gasteiger partial charge is 0.191 e. The van der Waals surface area contributed by atoms with Crippen molar-refractivity contribution >= 4 is 28.3 Å². The van der Waals surface area contributed by atoms with E-state index >= 15 is 0 Å². The topological polar surface area (TPSA) is 54.2 Å². The van der Waals surface area contributed by atoms with Gasteiger partial charge < -0.3 is 15.2 Å². The number of imidazole rings is 1. The monoisotopic (exact) mass is 341 g/mol. The molecule has 0 aliphatic heterocycles. The molecule has 3 aromatic rings. The maximum atomic E-state index is 4.60. The molecule has 24 heavy (non-hydrogen) atoms. The van der Waals surface area contributed by atoms with Crippen molar-refractivity contribution in [2.75, 3.05) is 13.6 Å². The van der Waals surface area contributed by atoms with Crippen LogP contribution in [0.25, 0.3) is 11.0 Å². The lowest BCUT2D eigenvalue weighted by Gasteiger charge is -2.13. The van der Waals surface area contributed by atoms with Gasteiger partial charge in [-0.05, 0) is 43.0 Å². The first-order chi connectivity index (χ1) is 11.7. The van der Waals surface area contributed by atoms with Gasteiger partial charge in [0.25, 0.3) is 0 Å². The van der Waals surface area contributed by atoms with Crippen molar-refractivity contribution in [1.82, 2.24) is 20.2 Å². The molecule has 0 atom stereocenters. The van der Waals surface area contributed by atoms with Gasteiger partial charge in [0, 0.05) is 25.0 Å². The van der Waals surface area contributed by atoms with Crippen LogP contribution < -0.4 is 10.6 Å². The number of aliphatic imine (C=N–C) groups is 1. The molecule has 0 unspecified atom stereocenters. The Hall–Kier alpha value is -2.34. The molecule has 0 aliphatic rings. The zero-order valence-corrected chi connectivity index (χ0v) is 15.2. The van der Waals surface area contributed by atoms with Crippen molar-refractivity contribution < 1.29 is 0 Å². The van der Waals surface area contributed by atoms with Crippen molar-refractivity contribution in [2.24, 2.45) is 4.99 Å². The van der Waals surface area contributed by atoms with E-state index in [-0.39, 0.29) is 0 Å². The summed E-state index contributed by atoms with van der Waals surface area (Å²) in [5.74, 6) is 1.86. The fraction of sp³-hybridized carbons (Fsp3) is 0.333. The first kappa shape index (κ1) is 16.5. The van der Waals surface area contributed by atoms with E-state index in [0.29, 0.717) is 0 Å². The predicted octanol–water partition coefficient (Wildman–Crippen LogP) is 3.08. The van der Waals surface area contributed by atoms with Crippen LogP contribution in [-0.2, 0) is 13.1 Å². The second kappa shape index (κ2) is 7.49. The first-order valence-electron chi connectivity index (χ1n) is 8.08. The van der Waals surface area contributed by atoms with E-state index in [2.05, 4.69) is 61.7 Å². The van der Waals surface area contributed by atoms with E-state index in [9.17, 15) is 0 Å². The maximum absolute atomic E-state index is 4.60. The van der Waals surface area contributed by atoms with Crippen LogP contribution in [0.3, 0.4) is 0 Å². The molecule has 2 N–H and O–H groups in total. The van der Waals surface area contributed by atoms with Gasteiger partial charge in [0.05, 0.1) is 17.6 Å². The zero-order valence-electron chi connectivity index (χ0n) is 14.3. The molecular weight excluding hydrogens is 318 g/mol. The number of para-hydroxylation sites is 2. The number of aryl methyl sites for hydroxylation is 2. The summed E-state index contributed by atoms with van der Waals surface area (Å²) < 4.78 is 2.24. The standard InChI is InChI=1S/C18H23N5S/c1-13-8-11-24-17(13)12-21-18(19-3)20-9-10-23-14(2)22-15-6-4-5-7-16(15)23/h4-8,11H,9-10,12H2,1-3H3,(H2,19,20,21). The Balaban J connectivity index is 1.56. The Morgan fingerprint density at radius 2 is 2.04 bits per heavy atom. The lowest BCUT2D eigenvalue weighted by molar-refractivity contribution is 0.660. The number of fused-ring (bicyclic) bond motifs is 1. The van der Waals surface area contributed by atoms with Crippen LogP contribution in [0.15, 0.2) is 40.7 Å². The minimum absolute atomic E-state index is 0.796. The Labute approximate surface area is 146 Å². The van der Waals surface area contributed by atoms with Gasteiger partial charge in [0.2, 0.25) is 0 Å². The molecule has 0 bridgehead atoms. The number of thiophene rings is 1. The minimum Gasteiger partial charge on any atom is -0.355 e. The number of hydrogen-bond acceptors (Lipinski definition) is 3. The second-order valence-corrected chi connectivity index (χ2v) is 6.68. The predicted molar refractivity (Wildman–Crippen MR) is 102 cm³/mol. The molecule has 0 aliphatic carbocycles. The highest BCUT2D eigenvalue weighted by Crippen LogP contribution is 2.15. The molecule has 1 aromatic carbocycles. The Bertz CT molecular complexity index is 846. The van der Waals surface area contributed by atoms with Crippen LogP contribution in [0.1, 0.15) is 16.3 Å². The number of hydrogen-bond donors (Lipinski definition) is 2. The van der Waals surface area contributed by atoms with E-state index in [1.165, 1.54) is 16.0 Å². The summed E-state index contributed by atoms with van der Waals surface area (Å²) in [5.41, 5.74) is 3.54. The molecule has 0 spiro atoms. The van der Waals surface area contributed by atoms with Crippen LogP contribution >= 0.6 is 11.3 Å². The highest BCUT2D eigenvalue weighted by atomic mass is 32.1. The molecule has 0 amide bonds. The zero-order chi connectivity index (χ0) is 16.9. The summed E-state index contributed by atoms with van der Waals surface area (Å²) in [6.07, 6.45) is 0. The van der Waals surface area contributed by atoms with Crippen molar-refractivity contribution in [3.8, 4) is 0 Å². The highest BCUT2D eigenvalue weighted by molar-refractivity contribution is 7.10. The number of rotatable bonds is 5. The van der Waals surface area contributed by atoms with Crippen molar-refractivity contribution in [3.63, 3.8) is 0 Å².